The number of nitrogens with one attached hydrogen (secondary N) is 2. The van der Waals surface area contributed by atoms with Crippen LogP contribution in [0.4, 0.5) is 0 Å². The summed E-state index contributed by atoms with van der Waals surface area (Å²) in [7, 11) is 3.43. The Morgan fingerprint density at radius 1 is 1.21 bits per heavy atom. The Hall–Kier alpha value is -1.84. The number of methoxy groups -OCH3 is 1. The third-order valence-corrected chi connectivity index (χ3v) is 3.30. The van der Waals surface area contributed by atoms with E-state index in [0.717, 1.165) is 24.7 Å². The van der Waals surface area contributed by atoms with Crippen LogP contribution in [0.25, 0.3) is 0 Å². The van der Waals surface area contributed by atoms with E-state index in [1.807, 2.05) is 18.2 Å². The second-order valence-electron chi connectivity index (χ2n) is 4.97. The number of aryl methyl sites for hydroxylation is 1. The molecule has 2 aromatic rings. The molecule has 0 saturated heterocycles. The van der Waals surface area contributed by atoms with Crippen LogP contribution in [0.15, 0.2) is 33.8 Å². The first-order valence-electron chi connectivity index (χ1n) is 7.58. The molecule has 0 aliphatic heterocycles. The molecule has 2 rings (SSSR count). The maximum absolute atomic E-state index is 5.35. The fourth-order valence-corrected chi connectivity index (χ4v) is 2.18. The minimum atomic E-state index is 0. The molecule has 0 amide bonds. The van der Waals surface area contributed by atoms with Crippen LogP contribution in [-0.4, -0.2) is 43.3 Å². The van der Waals surface area contributed by atoms with Crippen molar-refractivity contribution in [2.75, 3.05) is 27.2 Å². The first kappa shape index (κ1) is 20.2. The molecule has 0 saturated carbocycles. The van der Waals surface area contributed by atoms with Gasteiger partial charge in [-0.2, -0.15) is 4.98 Å². The summed E-state index contributed by atoms with van der Waals surface area (Å²) in [6, 6.07) is 8.01. The third kappa shape index (κ3) is 6.34. The molecule has 0 atom stereocenters. The highest BCUT2D eigenvalue weighted by Crippen LogP contribution is 2.17. The summed E-state index contributed by atoms with van der Waals surface area (Å²) >= 11 is 0. The number of aromatic nitrogens is 2. The first-order valence-corrected chi connectivity index (χ1v) is 7.58. The molecule has 8 heteroatoms. The molecule has 1 heterocycles. The molecule has 0 radical (unpaired) electrons. The second kappa shape index (κ2) is 10.8. The van der Waals surface area contributed by atoms with Crippen LogP contribution in [-0.2, 0) is 12.8 Å². The fraction of sp³-hybridized carbons (Fsp3) is 0.438. The molecule has 1 aromatic heterocycles. The van der Waals surface area contributed by atoms with Crippen LogP contribution in [0.2, 0.25) is 0 Å². The van der Waals surface area contributed by atoms with Crippen LogP contribution in [0.5, 0.6) is 5.75 Å². The second-order valence-corrected chi connectivity index (χ2v) is 4.97. The summed E-state index contributed by atoms with van der Waals surface area (Å²) in [5.74, 6) is 2.93. The predicted octanol–water partition coefficient (Wildman–Crippen LogP) is 1.95. The average molecular weight is 445 g/mol. The number of ether oxygens (including phenoxy) is 1. The van der Waals surface area contributed by atoms with Crippen molar-refractivity contribution in [3.05, 3.63) is 41.5 Å². The van der Waals surface area contributed by atoms with E-state index in [-0.39, 0.29) is 24.0 Å². The Labute approximate surface area is 159 Å². The number of rotatable bonds is 7. The zero-order valence-electron chi connectivity index (χ0n) is 14.2. The van der Waals surface area contributed by atoms with Crippen molar-refractivity contribution in [2.45, 2.75) is 19.8 Å². The minimum absolute atomic E-state index is 0. The summed E-state index contributed by atoms with van der Waals surface area (Å²) in [5, 5.41) is 10.3. The SMILES string of the molecule is CN=C(NCCc1nc(C)no1)NCCc1ccccc1OC.I. The van der Waals surface area contributed by atoms with Gasteiger partial charge in [0.2, 0.25) is 5.89 Å². The van der Waals surface area contributed by atoms with Crippen molar-refractivity contribution >= 4 is 29.9 Å². The summed E-state index contributed by atoms with van der Waals surface area (Å²) in [6.07, 6.45) is 1.52. The topological polar surface area (TPSA) is 84.6 Å². The Kier molecular flexibility index (Phi) is 9.13. The number of para-hydroxylation sites is 1. The fourth-order valence-electron chi connectivity index (χ4n) is 2.18. The molecule has 0 spiro atoms. The Morgan fingerprint density at radius 3 is 2.54 bits per heavy atom. The maximum Gasteiger partial charge on any atom is 0.228 e. The molecule has 0 aliphatic carbocycles. The average Bonchev–Trinajstić information content (AvgIpc) is 2.99. The van der Waals surface area contributed by atoms with Crippen molar-refractivity contribution in [1.82, 2.24) is 20.8 Å². The quantitative estimate of drug-likeness (QED) is 0.385. The molecular formula is C16H24IN5O2. The highest BCUT2D eigenvalue weighted by atomic mass is 127. The van der Waals surface area contributed by atoms with Crippen molar-refractivity contribution in [3.63, 3.8) is 0 Å². The monoisotopic (exact) mass is 445 g/mol. The molecule has 0 fully saturated rings. The van der Waals surface area contributed by atoms with Gasteiger partial charge in [-0.3, -0.25) is 4.99 Å². The number of halogens is 1. The van der Waals surface area contributed by atoms with E-state index in [9.17, 15) is 0 Å². The molecule has 1 aromatic carbocycles. The predicted molar refractivity (Wildman–Crippen MR) is 104 cm³/mol. The zero-order chi connectivity index (χ0) is 16.5. The summed E-state index contributed by atoms with van der Waals surface area (Å²) in [4.78, 5) is 8.36. The number of hydrogen-bond acceptors (Lipinski definition) is 5. The molecule has 7 nitrogen and oxygen atoms in total. The van der Waals surface area contributed by atoms with Gasteiger partial charge in [0.1, 0.15) is 5.75 Å². The number of nitrogens with zero attached hydrogens (tertiary/aromatic N) is 3. The van der Waals surface area contributed by atoms with Crippen molar-refractivity contribution in [1.29, 1.82) is 0 Å². The van der Waals surface area contributed by atoms with Crippen LogP contribution in [0.1, 0.15) is 17.3 Å². The Bertz CT molecular complexity index is 645. The molecule has 132 valence electrons. The lowest BCUT2D eigenvalue weighted by molar-refractivity contribution is 0.374. The standard InChI is InChI=1S/C16H23N5O2.HI/c1-12-20-15(23-21-12)9-11-19-16(17-2)18-10-8-13-6-4-5-7-14(13)22-3;/h4-7H,8-11H2,1-3H3,(H2,17,18,19);1H. The molecular weight excluding hydrogens is 421 g/mol. The normalized spacial score (nSPS) is 10.9. The number of benzene rings is 1. The van der Waals surface area contributed by atoms with E-state index in [1.165, 1.54) is 5.56 Å². The summed E-state index contributed by atoms with van der Waals surface area (Å²) in [5.41, 5.74) is 1.17. The van der Waals surface area contributed by atoms with Gasteiger partial charge in [-0.15, -0.1) is 24.0 Å². The number of hydrogen-bond donors (Lipinski definition) is 2. The van der Waals surface area contributed by atoms with Crippen molar-refractivity contribution in [3.8, 4) is 5.75 Å². The first-order chi connectivity index (χ1) is 11.2. The van der Waals surface area contributed by atoms with Gasteiger partial charge < -0.3 is 19.9 Å². The highest BCUT2D eigenvalue weighted by molar-refractivity contribution is 14.0. The van der Waals surface area contributed by atoms with Gasteiger partial charge in [-0.05, 0) is 25.0 Å². The Morgan fingerprint density at radius 2 is 1.92 bits per heavy atom. The molecule has 0 unspecified atom stereocenters. The Balaban J connectivity index is 0.00000288. The van der Waals surface area contributed by atoms with Crippen LogP contribution < -0.4 is 15.4 Å². The van der Waals surface area contributed by atoms with Gasteiger partial charge in [0, 0.05) is 26.6 Å². The zero-order valence-corrected chi connectivity index (χ0v) is 16.5. The minimum Gasteiger partial charge on any atom is -0.496 e. The van der Waals surface area contributed by atoms with E-state index in [2.05, 4.69) is 31.8 Å². The molecule has 2 N–H and O–H groups in total. The lowest BCUT2D eigenvalue weighted by Gasteiger charge is -2.12. The highest BCUT2D eigenvalue weighted by Gasteiger charge is 2.04. The lowest BCUT2D eigenvalue weighted by atomic mass is 10.1. The van der Waals surface area contributed by atoms with Crippen LogP contribution >= 0.6 is 24.0 Å². The molecule has 24 heavy (non-hydrogen) atoms. The number of aliphatic imine (C=N–C) groups is 1. The van der Waals surface area contributed by atoms with Crippen molar-refractivity contribution < 1.29 is 9.26 Å². The van der Waals surface area contributed by atoms with Crippen LogP contribution in [0, 0.1) is 6.92 Å². The van der Waals surface area contributed by atoms with Crippen molar-refractivity contribution in [2.24, 2.45) is 4.99 Å². The smallest absolute Gasteiger partial charge is 0.228 e. The summed E-state index contributed by atoms with van der Waals surface area (Å²) < 4.78 is 10.4. The van der Waals surface area contributed by atoms with Crippen LogP contribution in [0.3, 0.4) is 0 Å². The van der Waals surface area contributed by atoms with Gasteiger partial charge in [0.05, 0.1) is 7.11 Å². The van der Waals surface area contributed by atoms with E-state index in [4.69, 9.17) is 9.26 Å². The van der Waals surface area contributed by atoms with Gasteiger partial charge >= 0.3 is 0 Å². The summed E-state index contributed by atoms with van der Waals surface area (Å²) in [6.45, 7) is 3.24. The van der Waals surface area contributed by atoms with Gasteiger partial charge in [-0.1, -0.05) is 23.4 Å². The van der Waals surface area contributed by atoms with Gasteiger partial charge in [-0.25, -0.2) is 0 Å². The number of guanidine groups is 1. The molecule has 0 bridgehead atoms. The maximum atomic E-state index is 5.35. The third-order valence-electron chi connectivity index (χ3n) is 3.30. The van der Waals surface area contributed by atoms with E-state index >= 15 is 0 Å². The largest absolute Gasteiger partial charge is 0.496 e. The van der Waals surface area contributed by atoms with Gasteiger partial charge in [0.25, 0.3) is 0 Å². The van der Waals surface area contributed by atoms with E-state index < -0.39 is 0 Å². The van der Waals surface area contributed by atoms with Gasteiger partial charge in [0.15, 0.2) is 11.8 Å². The lowest BCUT2D eigenvalue weighted by Crippen LogP contribution is -2.39. The molecule has 0 aliphatic rings. The van der Waals surface area contributed by atoms with E-state index in [0.29, 0.717) is 24.7 Å². The van der Waals surface area contributed by atoms with E-state index in [1.54, 1.807) is 21.1 Å².